The minimum atomic E-state index is -0.645. The Hall–Kier alpha value is -2.70. The fourth-order valence-corrected chi connectivity index (χ4v) is 4.92. The lowest BCUT2D eigenvalue weighted by atomic mass is 9.80. The molecular formula is C26H33FN4O. The number of likely N-dealkylation sites (N-methyl/N-ethyl adjacent to an activating group) is 1. The largest absolute Gasteiger partial charge is 0.347 e. The van der Waals surface area contributed by atoms with E-state index in [1.54, 1.807) is 12.1 Å². The first-order valence-electron chi connectivity index (χ1n) is 11.4. The van der Waals surface area contributed by atoms with Gasteiger partial charge in [-0.15, -0.1) is 0 Å². The fraction of sp³-hybridized carbons (Fsp3) is 0.423. The van der Waals surface area contributed by atoms with Crippen LogP contribution in [0.2, 0.25) is 0 Å². The molecule has 0 atom stereocenters. The third-order valence-corrected chi connectivity index (χ3v) is 6.57. The van der Waals surface area contributed by atoms with Crippen molar-refractivity contribution in [3.8, 4) is 0 Å². The Morgan fingerprint density at radius 2 is 1.78 bits per heavy atom. The maximum atomic E-state index is 14.6. The summed E-state index contributed by atoms with van der Waals surface area (Å²) in [5, 5.41) is 4.37. The Balaban J connectivity index is 1.53. The van der Waals surface area contributed by atoms with Crippen molar-refractivity contribution >= 4 is 16.8 Å². The van der Waals surface area contributed by atoms with Crippen LogP contribution in [0.4, 0.5) is 4.39 Å². The van der Waals surface area contributed by atoms with Gasteiger partial charge in [-0.05, 0) is 44.6 Å². The Bertz CT molecular complexity index is 1080. The van der Waals surface area contributed by atoms with Gasteiger partial charge in [0.25, 0.3) is 0 Å². The highest BCUT2D eigenvalue weighted by Crippen LogP contribution is 2.35. The van der Waals surface area contributed by atoms with E-state index in [2.05, 4.69) is 64.2 Å². The van der Waals surface area contributed by atoms with Gasteiger partial charge < -0.3 is 14.8 Å². The molecule has 5 nitrogen and oxygen atoms in total. The zero-order valence-electron chi connectivity index (χ0n) is 19.3. The number of para-hydroxylation sites is 1. The maximum Gasteiger partial charge on any atom is 0.217 e. The predicted octanol–water partition coefficient (Wildman–Crippen LogP) is 3.97. The molecule has 4 rings (SSSR count). The Morgan fingerprint density at radius 1 is 1.09 bits per heavy atom. The molecule has 1 saturated heterocycles. The summed E-state index contributed by atoms with van der Waals surface area (Å²) >= 11 is 0. The van der Waals surface area contributed by atoms with Crippen LogP contribution in [-0.4, -0.2) is 54.0 Å². The van der Waals surface area contributed by atoms with Crippen LogP contribution < -0.4 is 5.32 Å². The Morgan fingerprint density at radius 3 is 2.47 bits per heavy atom. The molecule has 6 heteroatoms. The number of fused-ring (bicyclic) bond motifs is 1. The van der Waals surface area contributed by atoms with Crippen molar-refractivity contribution in [2.75, 3.05) is 33.7 Å². The van der Waals surface area contributed by atoms with E-state index in [4.69, 9.17) is 0 Å². The fourth-order valence-electron chi connectivity index (χ4n) is 4.92. The SMILES string of the molecule is CC(=O)NC1(c2ccccc2F)CCN(Cc2cn(CCN(C)C)c3ccccc23)CC1. The van der Waals surface area contributed by atoms with Crippen molar-refractivity contribution in [1.82, 2.24) is 19.7 Å². The second-order valence-corrected chi connectivity index (χ2v) is 9.19. The highest BCUT2D eigenvalue weighted by Gasteiger charge is 2.38. The summed E-state index contributed by atoms with van der Waals surface area (Å²) in [6.07, 6.45) is 3.65. The van der Waals surface area contributed by atoms with Gasteiger partial charge in [0.05, 0.1) is 5.54 Å². The number of carbonyl (C=O) groups is 1. The normalized spacial score (nSPS) is 16.5. The number of piperidine rings is 1. The van der Waals surface area contributed by atoms with Crippen molar-refractivity contribution in [3.05, 3.63) is 71.7 Å². The molecule has 1 fully saturated rings. The lowest BCUT2D eigenvalue weighted by molar-refractivity contribution is -0.121. The van der Waals surface area contributed by atoms with Gasteiger partial charge in [0, 0.05) is 62.3 Å². The number of likely N-dealkylation sites (tertiary alicyclic amines) is 1. The first-order valence-corrected chi connectivity index (χ1v) is 11.4. The first-order chi connectivity index (χ1) is 15.4. The summed E-state index contributed by atoms with van der Waals surface area (Å²) in [4.78, 5) is 16.6. The van der Waals surface area contributed by atoms with E-state index in [9.17, 15) is 9.18 Å². The molecule has 0 saturated carbocycles. The van der Waals surface area contributed by atoms with Crippen LogP contribution >= 0.6 is 0 Å². The molecule has 1 amide bonds. The Kier molecular flexibility index (Phi) is 6.63. The number of rotatable bonds is 7. The maximum absolute atomic E-state index is 14.6. The second-order valence-electron chi connectivity index (χ2n) is 9.19. The lowest BCUT2D eigenvalue weighted by Gasteiger charge is -2.42. The van der Waals surface area contributed by atoms with Gasteiger partial charge >= 0.3 is 0 Å². The van der Waals surface area contributed by atoms with E-state index >= 15 is 0 Å². The average Bonchev–Trinajstić information content (AvgIpc) is 3.11. The zero-order chi connectivity index (χ0) is 22.7. The molecule has 0 bridgehead atoms. The molecule has 1 aliphatic heterocycles. The van der Waals surface area contributed by atoms with Gasteiger partial charge in [-0.3, -0.25) is 9.69 Å². The summed E-state index contributed by atoms with van der Waals surface area (Å²) in [7, 11) is 4.19. The van der Waals surface area contributed by atoms with Crippen LogP contribution in [0.15, 0.2) is 54.7 Å². The summed E-state index contributed by atoms with van der Waals surface area (Å²) in [5.41, 5.74) is 2.53. The second kappa shape index (κ2) is 9.43. The third-order valence-electron chi connectivity index (χ3n) is 6.57. The zero-order valence-corrected chi connectivity index (χ0v) is 19.3. The molecule has 170 valence electrons. The van der Waals surface area contributed by atoms with E-state index in [-0.39, 0.29) is 11.7 Å². The van der Waals surface area contributed by atoms with Crippen LogP contribution in [0.5, 0.6) is 0 Å². The molecule has 0 unspecified atom stereocenters. The smallest absolute Gasteiger partial charge is 0.217 e. The van der Waals surface area contributed by atoms with E-state index < -0.39 is 5.54 Å². The number of amides is 1. The number of carbonyl (C=O) groups excluding carboxylic acids is 1. The molecule has 1 aromatic heterocycles. The molecule has 2 aromatic carbocycles. The monoisotopic (exact) mass is 436 g/mol. The quantitative estimate of drug-likeness (QED) is 0.609. The summed E-state index contributed by atoms with van der Waals surface area (Å²) in [5.74, 6) is -0.371. The lowest BCUT2D eigenvalue weighted by Crippen LogP contribution is -2.52. The van der Waals surface area contributed by atoms with Crippen LogP contribution in [-0.2, 0) is 23.4 Å². The molecule has 0 radical (unpaired) electrons. The standard InChI is InChI=1S/C26H33FN4O/c1-20(32)28-26(23-9-5-6-10-24(23)27)12-14-30(15-13-26)18-21-19-31(17-16-29(2)3)25-11-7-4-8-22(21)25/h4-11,19H,12-18H2,1-3H3,(H,28,32). The number of benzene rings is 2. The molecule has 0 spiro atoms. The van der Waals surface area contributed by atoms with Gasteiger partial charge in [0.1, 0.15) is 5.82 Å². The van der Waals surface area contributed by atoms with Crippen molar-refractivity contribution in [3.63, 3.8) is 0 Å². The molecule has 32 heavy (non-hydrogen) atoms. The van der Waals surface area contributed by atoms with Gasteiger partial charge in [0.2, 0.25) is 5.91 Å². The number of halogens is 1. The number of hydrogen-bond acceptors (Lipinski definition) is 3. The summed E-state index contributed by atoms with van der Waals surface area (Å²) in [6.45, 7) is 5.90. The molecule has 0 aliphatic carbocycles. The molecule has 1 N–H and O–H groups in total. The van der Waals surface area contributed by atoms with E-state index in [0.29, 0.717) is 18.4 Å². The van der Waals surface area contributed by atoms with Crippen molar-refractivity contribution in [2.24, 2.45) is 0 Å². The molecule has 2 heterocycles. The third kappa shape index (κ3) is 4.71. The van der Waals surface area contributed by atoms with Crippen LogP contribution in [0.1, 0.15) is 30.9 Å². The number of aromatic nitrogens is 1. The van der Waals surface area contributed by atoms with Gasteiger partial charge in [-0.1, -0.05) is 36.4 Å². The van der Waals surface area contributed by atoms with E-state index in [0.717, 1.165) is 32.7 Å². The average molecular weight is 437 g/mol. The highest BCUT2D eigenvalue weighted by atomic mass is 19.1. The minimum Gasteiger partial charge on any atom is -0.347 e. The summed E-state index contributed by atoms with van der Waals surface area (Å²) in [6, 6.07) is 15.4. The van der Waals surface area contributed by atoms with Crippen LogP contribution in [0, 0.1) is 5.82 Å². The molecular weight excluding hydrogens is 403 g/mol. The van der Waals surface area contributed by atoms with Crippen LogP contribution in [0.25, 0.3) is 10.9 Å². The van der Waals surface area contributed by atoms with Crippen molar-refractivity contribution in [1.29, 1.82) is 0 Å². The topological polar surface area (TPSA) is 40.5 Å². The minimum absolute atomic E-state index is 0.120. The van der Waals surface area contributed by atoms with E-state index in [1.165, 1.54) is 29.5 Å². The number of nitrogens with one attached hydrogen (secondary N) is 1. The first kappa shape index (κ1) is 22.5. The summed E-state index contributed by atoms with van der Waals surface area (Å²) < 4.78 is 17.0. The van der Waals surface area contributed by atoms with Crippen molar-refractivity contribution in [2.45, 2.75) is 38.4 Å². The predicted molar refractivity (Wildman–Crippen MR) is 127 cm³/mol. The van der Waals surface area contributed by atoms with Gasteiger partial charge in [0.15, 0.2) is 0 Å². The van der Waals surface area contributed by atoms with E-state index in [1.807, 2.05) is 6.07 Å². The van der Waals surface area contributed by atoms with Gasteiger partial charge in [-0.25, -0.2) is 4.39 Å². The highest BCUT2D eigenvalue weighted by molar-refractivity contribution is 5.84. The number of nitrogens with zero attached hydrogens (tertiary/aromatic N) is 3. The van der Waals surface area contributed by atoms with Crippen molar-refractivity contribution < 1.29 is 9.18 Å². The number of hydrogen-bond donors (Lipinski definition) is 1. The Labute approximate surface area is 189 Å². The van der Waals surface area contributed by atoms with Gasteiger partial charge in [-0.2, -0.15) is 0 Å². The van der Waals surface area contributed by atoms with Crippen LogP contribution in [0.3, 0.4) is 0 Å². The molecule has 3 aromatic rings. The molecule has 1 aliphatic rings.